The molecule has 2 heterocycles. The van der Waals surface area contributed by atoms with Gasteiger partial charge in [-0.15, -0.1) is 0 Å². The van der Waals surface area contributed by atoms with Crippen LogP contribution in [0.1, 0.15) is 34.7 Å². The van der Waals surface area contributed by atoms with Crippen LogP contribution in [0, 0.1) is 13.8 Å². The summed E-state index contributed by atoms with van der Waals surface area (Å²) < 4.78 is 28.3. The second kappa shape index (κ2) is 5.00. The quantitative estimate of drug-likeness (QED) is 0.826. The first-order valence-corrected chi connectivity index (χ1v) is 8.29. The minimum atomic E-state index is -3.00. The first-order chi connectivity index (χ1) is 8.79. The highest BCUT2D eigenvalue weighted by Crippen LogP contribution is 2.21. The lowest BCUT2D eigenvalue weighted by Crippen LogP contribution is -2.42. The van der Waals surface area contributed by atoms with Crippen LogP contribution in [0.15, 0.2) is 10.5 Å². The zero-order valence-electron chi connectivity index (χ0n) is 11.5. The van der Waals surface area contributed by atoms with Crippen LogP contribution in [-0.4, -0.2) is 43.8 Å². The van der Waals surface area contributed by atoms with Crippen LogP contribution in [0.25, 0.3) is 0 Å². The van der Waals surface area contributed by atoms with Crippen molar-refractivity contribution in [1.29, 1.82) is 0 Å². The number of carbonyl (C=O) groups excluding carboxylic acids is 1. The Hall–Kier alpha value is -1.30. The SMILES string of the molecule is Cc1cc(C(=O)N2CCC(S(C)(=O)=O)CC2)c(C)o1. The Morgan fingerprint density at radius 1 is 1.32 bits per heavy atom. The lowest BCUT2D eigenvalue weighted by atomic mass is 10.1. The number of piperidine rings is 1. The molecular formula is C13H19NO4S. The standard InChI is InChI=1S/C13H19NO4S/c1-9-8-12(10(2)18-9)13(15)14-6-4-11(5-7-14)19(3,16)17/h8,11H,4-7H2,1-3H3. The Balaban J connectivity index is 2.06. The molecule has 1 aromatic rings. The highest BCUT2D eigenvalue weighted by atomic mass is 32.2. The van der Waals surface area contributed by atoms with E-state index in [0.29, 0.717) is 43.0 Å². The molecule has 0 saturated carbocycles. The summed E-state index contributed by atoms with van der Waals surface area (Å²) in [4.78, 5) is 14.0. The molecule has 0 N–H and O–H groups in total. The molecule has 0 unspecified atom stereocenters. The van der Waals surface area contributed by atoms with Crippen molar-refractivity contribution in [3.8, 4) is 0 Å². The molecule has 5 nitrogen and oxygen atoms in total. The van der Waals surface area contributed by atoms with E-state index in [0.717, 1.165) is 0 Å². The monoisotopic (exact) mass is 285 g/mol. The normalized spacial score (nSPS) is 17.7. The number of nitrogens with zero attached hydrogens (tertiary/aromatic N) is 1. The van der Waals surface area contributed by atoms with Crippen LogP contribution in [0.2, 0.25) is 0 Å². The van der Waals surface area contributed by atoms with Crippen molar-refractivity contribution in [2.24, 2.45) is 0 Å². The smallest absolute Gasteiger partial charge is 0.257 e. The van der Waals surface area contributed by atoms with Gasteiger partial charge >= 0.3 is 0 Å². The van der Waals surface area contributed by atoms with Gasteiger partial charge in [-0.2, -0.15) is 0 Å². The summed E-state index contributed by atoms with van der Waals surface area (Å²) in [5.41, 5.74) is 0.579. The molecule has 106 valence electrons. The van der Waals surface area contributed by atoms with Crippen LogP contribution < -0.4 is 0 Å². The molecule has 1 saturated heterocycles. The van der Waals surface area contributed by atoms with E-state index in [4.69, 9.17) is 4.42 Å². The zero-order valence-corrected chi connectivity index (χ0v) is 12.3. The van der Waals surface area contributed by atoms with Gasteiger partial charge in [-0.25, -0.2) is 8.42 Å². The molecule has 0 bridgehead atoms. The molecule has 19 heavy (non-hydrogen) atoms. The highest BCUT2D eigenvalue weighted by molar-refractivity contribution is 7.91. The number of rotatable bonds is 2. The molecule has 1 aromatic heterocycles. The molecule has 0 aliphatic carbocycles. The van der Waals surface area contributed by atoms with Crippen molar-refractivity contribution in [3.63, 3.8) is 0 Å². The second-order valence-electron chi connectivity index (χ2n) is 5.15. The van der Waals surface area contributed by atoms with Gasteiger partial charge in [0.05, 0.1) is 10.8 Å². The van der Waals surface area contributed by atoms with Crippen molar-refractivity contribution in [1.82, 2.24) is 4.90 Å². The summed E-state index contributed by atoms with van der Waals surface area (Å²) in [7, 11) is -3.00. The van der Waals surface area contributed by atoms with Crippen LogP contribution in [-0.2, 0) is 9.84 Å². The minimum Gasteiger partial charge on any atom is -0.466 e. The van der Waals surface area contributed by atoms with Crippen LogP contribution in [0.4, 0.5) is 0 Å². The van der Waals surface area contributed by atoms with E-state index in [9.17, 15) is 13.2 Å². The van der Waals surface area contributed by atoms with Gasteiger partial charge in [-0.05, 0) is 32.8 Å². The van der Waals surface area contributed by atoms with E-state index >= 15 is 0 Å². The molecule has 0 spiro atoms. The molecule has 0 aromatic carbocycles. The lowest BCUT2D eigenvalue weighted by Gasteiger charge is -2.30. The van der Waals surface area contributed by atoms with Gasteiger partial charge in [0, 0.05) is 19.3 Å². The fraction of sp³-hybridized carbons (Fsp3) is 0.615. The molecule has 1 aliphatic heterocycles. The topological polar surface area (TPSA) is 67.6 Å². The Labute approximate surface area is 113 Å². The Kier molecular flexibility index (Phi) is 3.71. The number of aryl methyl sites for hydroxylation is 2. The average molecular weight is 285 g/mol. The highest BCUT2D eigenvalue weighted by Gasteiger charge is 2.30. The van der Waals surface area contributed by atoms with Crippen molar-refractivity contribution in [3.05, 3.63) is 23.2 Å². The summed E-state index contributed by atoms with van der Waals surface area (Å²) in [6.45, 7) is 4.55. The summed E-state index contributed by atoms with van der Waals surface area (Å²) >= 11 is 0. The largest absolute Gasteiger partial charge is 0.466 e. The number of hydrogen-bond acceptors (Lipinski definition) is 4. The van der Waals surface area contributed by atoms with Crippen LogP contribution in [0.5, 0.6) is 0 Å². The van der Waals surface area contributed by atoms with Crippen molar-refractivity contribution >= 4 is 15.7 Å². The Morgan fingerprint density at radius 2 is 1.89 bits per heavy atom. The predicted molar refractivity (Wildman–Crippen MR) is 72.0 cm³/mol. The number of likely N-dealkylation sites (tertiary alicyclic amines) is 1. The molecule has 2 rings (SSSR count). The predicted octanol–water partition coefficient (Wildman–Crippen LogP) is 1.55. The molecule has 6 heteroatoms. The summed E-state index contributed by atoms with van der Waals surface area (Å²) in [5, 5.41) is -0.316. The zero-order chi connectivity index (χ0) is 14.2. The maximum absolute atomic E-state index is 12.3. The molecule has 1 aliphatic rings. The second-order valence-corrected chi connectivity index (χ2v) is 7.47. The van der Waals surface area contributed by atoms with E-state index in [1.54, 1.807) is 24.8 Å². The first kappa shape index (κ1) is 14.1. The van der Waals surface area contributed by atoms with E-state index in [1.807, 2.05) is 0 Å². The average Bonchev–Trinajstić information content (AvgIpc) is 2.66. The Bertz CT molecular complexity index is 580. The van der Waals surface area contributed by atoms with Crippen LogP contribution >= 0.6 is 0 Å². The summed E-state index contributed by atoms with van der Waals surface area (Å²) in [5.74, 6) is 1.26. The van der Waals surface area contributed by atoms with Gasteiger partial charge in [0.15, 0.2) is 0 Å². The number of hydrogen-bond donors (Lipinski definition) is 0. The third-order valence-electron chi connectivity index (χ3n) is 3.61. The third-order valence-corrected chi connectivity index (χ3v) is 5.29. The molecule has 0 atom stereocenters. The van der Waals surface area contributed by atoms with Crippen molar-refractivity contribution in [2.75, 3.05) is 19.3 Å². The van der Waals surface area contributed by atoms with Gasteiger partial charge in [0.25, 0.3) is 5.91 Å². The number of furan rings is 1. The van der Waals surface area contributed by atoms with E-state index in [2.05, 4.69) is 0 Å². The van der Waals surface area contributed by atoms with E-state index in [1.165, 1.54) is 6.26 Å². The number of carbonyl (C=O) groups is 1. The van der Waals surface area contributed by atoms with E-state index < -0.39 is 9.84 Å². The van der Waals surface area contributed by atoms with Crippen LogP contribution in [0.3, 0.4) is 0 Å². The van der Waals surface area contributed by atoms with Gasteiger partial charge in [-0.3, -0.25) is 4.79 Å². The van der Waals surface area contributed by atoms with Crippen molar-refractivity contribution in [2.45, 2.75) is 31.9 Å². The molecule has 1 fully saturated rings. The fourth-order valence-electron chi connectivity index (χ4n) is 2.50. The van der Waals surface area contributed by atoms with Gasteiger partial charge in [-0.1, -0.05) is 0 Å². The summed E-state index contributed by atoms with van der Waals surface area (Å²) in [6.07, 6.45) is 2.29. The number of sulfone groups is 1. The first-order valence-electron chi connectivity index (χ1n) is 6.34. The lowest BCUT2D eigenvalue weighted by molar-refractivity contribution is 0.0724. The summed E-state index contributed by atoms with van der Waals surface area (Å²) in [6, 6.07) is 1.74. The Morgan fingerprint density at radius 3 is 2.32 bits per heavy atom. The molecule has 0 radical (unpaired) electrons. The molecular weight excluding hydrogens is 266 g/mol. The van der Waals surface area contributed by atoms with Gasteiger partial charge < -0.3 is 9.32 Å². The number of amides is 1. The fourth-order valence-corrected chi connectivity index (χ4v) is 3.57. The van der Waals surface area contributed by atoms with E-state index in [-0.39, 0.29) is 11.2 Å². The molecule has 1 amide bonds. The van der Waals surface area contributed by atoms with Gasteiger partial charge in [0.2, 0.25) is 0 Å². The maximum atomic E-state index is 12.3. The minimum absolute atomic E-state index is 0.0682. The van der Waals surface area contributed by atoms with Crippen molar-refractivity contribution < 1.29 is 17.6 Å². The maximum Gasteiger partial charge on any atom is 0.257 e. The van der Waals surface area contributed by atoms with Gasteiger partial charge in [0.1, 0.15) is 21.4 Å². The third kappa shape index (κ3) is 3.00.